The van der Waals surface area contributed by atoms with Crippen molar-refractivity contribution in [3.63, 3.8) is 0 Å². The Kier molecular flexibility index (Phi) is 3.10. The number of imidazole rings is 1. The van der Waals surface area contributed by atoms with Gasteiger partial charge in [0.25, 0.3) is 0 Å². The number of aryl methyl sites for hydroxylation is 2. The lowest BCUT2D eigenvalue weighted by molar-refractivity contribution is 0.0957. The van der Waals surface area contributed by atoms with Gasteiger partial charge >= 0.3 is 0 Å². The first-order valence-electron chi connectivity index (χ1n) is 7.84. The van der Waals surface area contributed by atoms with Crippen LogP contribution in [0.25, 0.3) is 10.9 Å². The Hall–Kier alpha value is -2.36. The smallest absolute Gasteiger partial charge is 0.198 e. The van der Waals surface area contributed by atoms with Gasteiger partial charge in [-0.05, 0) is 30.9 Å². The van der Waals surface area contributed by atoms with Crippen molar-refractivity contribution in [3.8, 4) is 0 Å². The molecule has 0 amide bonds. The third kappa shape index (κ3) is 2.06. The summed E-state index contributed by atoms with van der Waals surface area (Å²) in [5.41, 5.74) is 3.85. The molecular weight excluding hydrogens is 274 g/mol. The number of Topliss-reactive ketones (excluding diaryl/α,β-unsaturated/α-hetero) is 1. The Bertz CT molecular complexity index is 843. The third-order valence-corrected chi connectivity index (χ3v) is 4.74. The van der Waals surface area contributed by atoms with Crippen LogP contribution in [0.15, 0.2) is 36.7 Å². The fourth-order valence-corrected chi connectivity index (χ4v) is 3.66. The minimum Gasteiger partial charge on any atom is -0.358 e. The lowest BCUT2D eigenvalue weighted by Gasteiger charge is -2.22. The molecule has 0 radical (unpaired) electrons. The number of nitrogens with one attached hydrogen (secondary N) is 1. The molecule has 112 valence electrons. The van der Waals surface area contributed by atoms with E-state index in [0.29, 0.717) is 12.2 Å². The van der Waals surface area contributed by atoms with Crippen LogP contribution in [0.3, 0.4) is 0 Å². The van der Waals surface area contributed by atoms with E-state index >= 15 is 0 Å². The number of H-pyrrole nitrogens is 1. The van der Waals surface area contributed by atoms with Crippen LogP contribution in [0, 0.1) is 0 Å². The van der Waals surface area contributed by atoms with E-state index < -0.39 is 0 Å². The Labute approximate surface area is 129 Å². The van der Waals surface area contributed by atoms with E-state index in [1.54, 1.807) is 10.8 Å². The summed E-state index contributed by atoms with van der Waals surface area (Å²) in [6.45, 7) is 0. The van der Waals surface area contributed by atoms with Crippen LogP contribution in [0.4, 0.5) is 0 Å². The van der Waals surface area contributed by atoms with Crippen LogP contribution in [-0.4, -0.2) is 20.3 Å². The van der Waals surface area contributed by atoms with Gasteiger partial charge in [0, 0.05) is 48.4 Å². The summed E-state index contributed by atoms with van der Waals surface area (Å²) < 4.78 is 1.80. The molecule has 22 heavy (non-hydrogen) atoms. The molecule has 0 fully saturated rings. The third-order valence-electron chi connectivity index (χ3n) is 4.74. The zero-order valence-electron chi connectivity index (χ0n) is 12.7. The maximum absolute atomic E-state index is 12.5. The molecule has 4 nitrogen and oxygen atoms in total. The van der Waals surface area contributed by atoms with E-state index in [0.717, 1.165) is 19.3 Å². The predicted octanol–water partition coefficient (Wildman–Crippen LogP) is 3.59. The average Bonchev–Trinajstić information content (AvgIpc) is 3.11. The van der Waals surface area contributed by atoms with Gasteiger partial charge in [0.15, 0.2) is 11.6 Å². The van der Waals surface area contributed by atoms with Crippen LogP contribution in [0.2, 0.25) is 0 Å². The number of carbonyl (C=O) groups excluding carboxylic acids is 1. The molecule has 3 aromatic rings. The second-order valence-electron chi connectivity index (χ2n) is 6.14. The molecule has 2 aromatic heterocycles. The quantitative estimate of drug-likeness (QED) is 0.750. The number of benzene rings is 1. The summed E-state index contributed by atoms with van der Waals surface area (Å²) in [4.78, 5) is 20.3. The zero-order valence-corrected chi connectivity index (χ0v) is 12.7. The van der Waals surface area contributed by atoms with Crippen molar-refractivity contribution in [2.24, 2.45) is 7.05 Å². The van der Waals surface area contributed by atoms with E-state index in [4.69, 9.17) is 0 Å². The molecule has 1 aromatic carbocycles. The van der Waals surface area contributed by atoms with Crippen LogP contribution in [0.1, 0.15) is 47.1 Å². The Morgan fingerprint density at radius 3 is 3.09 bits per heavy atom. The van der Waals surface area contributed by atoms with Gasteiger partial charge < -0.3 is 9.55 Å². The molecule has 1 aliphatic rings. The second-order valence-corrected chi connectivity index (χ2v) is 6.14. The number of carbonyl (C=O) groups is 1. The first-order valence-corrected chi connectivity index (χ1v) is 7.84. The van der Waals surface area contributed by atoms with Crippen molar-refractivity contribution in [3.05, 3.63) is 53.7 Å². The van der Waals surface area contributed by atoms with Crippen LogP contribution < -0.4 is 0 Å². The summed E-state index contributed by atoms with van der Waals surface area (Å²) in [5.74, 6) is 0.965. The molecule has 2 heterocycles. The second kappa shape index (κ2) is 5.13. The van der Waals surface area contributed by atoms with E-state index in [2.05, 4.69) is 34.2 Å². The fraction of sp³-hybridized carbons (Fsp3) is 0.333. The molecule has 4 heteroatoms. The Balaban J connectivity index is 1.68. The number of fused-ring (bicyclic) bond motifs is 3. The van der Waals surface area contributed by atoms with Gasteiger partial charge in [0.05, 0.1) is 0 Å². The molecule has 0 saturated carbocycles. The normalized spacial score (nSPS) is 17.6. The van der Waals surface area contributed by atoms with Crippen molar-refractivity contribution in [2.45, 2.75) is 31.6 Å². The number of para-hydroxylation sites is 1. The van der Waals surface area contributed by atoms with Gasteiger partial charge in [-0.15, -0.1) is 0 Å². The Morgan fingerprint density at radius 1 is 1.41 bits per heavy atom. The highest BCUT2D eigenvalue weighted by atomic mass is 16.1. The van der Waals surface area contributed by atoms with Crippen molar-refractivity contribution in [2.75, 3.05) is 0 Å². The SMILES string of the molecule is Cn1ccnc1C(=O)C[C@@H]1CCCc2c1[nH]c1ccccc21. The molecule has 0 spiro atoms. The minimum atomic E-state index is 0.129. The first-order chi connectivity index (χ1) is 10.7. The van der Waals surface area contributed by atoms with Crippen molar-refractivity contribution < 1.29 is 4.79 Å². The largest absolute Gasteiger partial charge is 0.358 e. The van der Waals surface area contributed by atoms with Gasteiger partial charge in [-0.25, -0.2) is 4.98 Å². The van der Waals surface area contributed by atoms with Crippen molar-refractivity contribution >= 4 is 16.7 Å². The standard InChI is InChI=1S/C18H19N3O/c1-21-10-9-19-18(21)16(22)11-12-5-4-7-14-13-6-2-3-8-15(13)20-17(12)14/h2-3,6,8-10,12,20H,4-5,7,11H2,1H3/t12-/m0/s1. The highest BCUT2D eigenvalue weighted by Crippen LogP contribution is 2.38. The lowest BCUT2D eigenvalue weighted by Crippen LogP contribution is -2.16. The molecule has 1 aliphatic carbocycles. The van der Waals surface area contributed by atoms with Crippen LogP contribution >= 0.6 is 0 Å². The molecule has 1 atom stereocenters. The molecule has 1 N–H and O–H groups in total. The molecule has 0 unspecified atom stereocenters. The van der Waals surface area contributed by atoms with Crippen LogP contribution in [0.5, 0.6) is 0 Å². The summed E-state index contributed by atoms with van der Waals surface area (Å²) in [6.07, 6.45) is 7.35. The van der Waals surface area contributed by atoms with Crippen molar-refractivity contribution in [1.82, 2.24) is 14.5 Å². The Morgan fingerprint density at radius 2 is 2.27 bits per heavy atom. The van der Waals surface area contributed by atoms with Gasteiger partial charge in [0.1, 0.15) is 0 Å². The van der Waals surface area contributed by atoms with Gasteiger partial charge in [0.2, 0.25) is 0 Å². The zero-order chi connectivity index (χ0) is 15.1. The van der Waals surface area contributed by atoms with E-state index in [9.17, 15) is 4.79 Å². The van der Waals surface area contributed by atoms with Crippen LogP contribution in [-0.2, 0) is 13.5 Å². The topological polar surface area (TPSA) is 50.7 Å². The average molecular weight is 293 g/mol. The molecular formula is C18H19N3O. The minimum absolute atomic E-state index is 0.129. The summed E-state index contributed by atoms with van der Waals surface area (Å²) in [6, 6.07) is 8.43. The summed E-state index contributed by atoms with van der Waals surface area (Å²) >= 11 is 0. The van der Waals surface area contributed by atoms with E-state index in [1.807, 2.05) is 13.2 Å². The maximum Gasteiger partial charge on any atom is 0.198 e. The van der Waals surface area contributed by atoms with Gasteiger partial charge in [-0.3, -0.25) is 4.79 Å². The van der Waals surface area contributed by atoms with Gasteiger partial charge in [-0.1, -0.05) is 18.2 Å². The highest BCUT2D eigenvalue weighted by molar-refractivity contribution is 5.93. The highest BCUT2D eigenvalue weighted by Gasteiger charge is 2.27. The van der Waals surface area contributed by atoms with E-state index in [1.165, 1.54) is 22.2 Å². The molecule has 0 saturated heterocycles. The molecule has 0 bridgehead atoms. The summed E-state index contributed by atoms with van der Waals surface area (Å²) in [7, 11) is 1.87. The number of hydrogen-bond acceptors (Lipinski definition) is 2. The number of hydrogen-bond donors (Lipinski definition) is 1. The lowest BCUT2D eigenvalue weighted by atomic mass is 9.84. The number of ketones is 1. The predicted molar refractivity (Wildman–Crippen MR) is 86.1 cm³/mol. The molecule has 4 rings (SSSR count). The number of nitrogens with zero attached hydrogens (tertiary/aromatic N) is 2. The molecule has 0 aliphatic heterocycles. The first kappa shape index (κ1) is 13.3. The number of aromatic nitrogens is 3. The van der Waals surface area contributed by atoms with Crippen molar-refractivity contribution in [1.29, 1.82) is 0 Å². The van der Waals surface area contributed by atoms with Gasteiger partial charge in [-0.2, -0.15) is 0 Å². The number of aromatic amines is 1. The fourth-order valence-electron chi connectivity index (χ4n) is 3.66. The summed E-state index contributed by atoms with van der Waals surface area (Å²) in [5, 5.41) is 1.31. The maximum atomic E-state index is 12.5. The van der Waals surface area contributed by atoms with E-state index in [-0.39, 0.29) is 11.7 Å². The monoisotopic (exact) mass is 293 g/mol. The number of rotatable bonds is 3.